The number of phenolic OH excluding ortho intramolecular Hbond substituents is 1. The lowest BCUT2D eigenvalue weighted by Gasteiger charge is -2.32. The highest BCUT2D eigenvalue weighted by atomic mass is 16.3. The van der Waals surface area contributed by atoms with E-state index in [1.165, 1.54) is 17.0 Å². The smallest absolute Gasteiger partial charge is 0.254 e. The fourth-order valence-corrected chi connectivity index (χ4v) is 1.83. The largest absolute Gasteiger partial charge is 0.508 e. The molecule has 2 amide bonds. The maximum atomic E-state index is 12.1. The first-order valence-corrected chi connectivity index (χ1v) is 5.47. The average Bonchev–Trinajstić information content (AvgIpc) is 2.33. The lowest BCUT2D eigenvalue weighted by Crippen LogP contribution is -2.55. The zero-order chi connectivity index (χ0) is 12.4. The Balaban J connectivity index is 2.19. The van der Waals surface area contributed by atoms with Crippen LogP contribution in [-0.2, 0) is 4.79 Å². The Bertz CT molecular complexity index is 442. The van der Waals surface area contributed by atoms with Crippen LogP contribution in [0.2, 0.25) is 0 Å². The quantitative estimate of drug-likeness (QED) is 0.736. The molecule has 1 unspecified atom stereocenters. The SMILES string of the molecule is CC1C(=O)NCCN1C(=O)c1ccc(O)cc1. The lowest BCUT2D eigenvalue weighted by molar-refractivity contribution is -0.127. The van der Waals surface area contributed by atoms with E-state index in [-0.39, 0.29) is 17.6 Å². The van der Waals surface area contributed by atoms with Crippen molar-refractivity contribution in [1.82, 2.24) is 10.2 Å². The van der Waals surface area contributed by atoms with Gasteiger partial charge in [-0.2, -0.15) is 0 Å². The molecule has 90 valence electrons. The summed E-state index contributed by atoms with van der Waals surface area (Å²) in [5.74, 6) is -0.207. The number of hydrogen-bond donors (Lipinski definition) is 2. The van der Waals surface area contributed by atoms with Gasteiger partial charge in [-0.3, -0.25) is 9.59 Å². The van der Waals surface area contributed by atoms with Crippen LogP contribution in [-0.4, -0.2) is 41.0 Å². The second kappa shape index (κ2) is 4.45. The van der Waals surface area contributed by atoms with Crippen molar-refractivity contribution < 1.29 is 14.7 Å². The molecular formula is C12H14N2O3. The fourth-order valence-electron chi connectivity index (χ4n) is 1.83. The van der Waals surface area contributed by atoms with Gasteiger partial charge in [0.1, 0.15) is 11.8 Å². The molecule has 1 atom stereocenters. The third-order valence-corrected chi connectivity index (χ3v) is 2.87. The summed E-state index contributed by atoms with van der Waals surface area (Å²) in [6, 6.07) is 5.57. The number of nitrogens with zero attached hydrogens (tertiary/aromatic N) is 1. The van der Waals surface area contributed by atoms with E-state index in [1.807, 2.05) is 0 Å². The van der Waals surface area contributed by atoms with Crippen molar-refractivity contribution in [3.05, 3.63) is 29.8 Å². The molecule has 17 heavy (non-hydrogen) atoms. The van der Waals surface area contributed by atoms with Gasteiger partial charge < -0.3 is 15.3 Å². The summed E-state index contributed by atoms with van der Waals surface area (Å²) in [5, 5.41) is 11.9. The number of piperazine rings is 1. The van der Waals surface area contributed by atoms with E-state index in [0.29, 0.717) is 18.7 Å². The first-order chi connectivity index (χ1) is 8.09. The van der Waals surface area contributed by atoms with Crippen molar-refractivity contribution in [3.63, 3.8) is 0 Å². The van der Waals surface area contributed by atoms with E-state index in [0.717, 1.165) is 0 Å². The normalized spacial score (nSPS) is 19.9. The Labute approximate surface area is 99.0 Å². The minimum atomic E-state index is -0.454. The van der Waals surface area contributed by atoms with Crippen LogP contribution in [0.1, 0.15) is 17.3 Å². The van der Waals surface area contributed by atoms with Crippen molar-refractivity contribution >= 4 is 11.8 Å². The third-order valence-electron chi connectivity index (χ3n) is 2.87. The summed E-state index contributed by atoms with van der Waals surface area (Å²) in [5.41, 5.74) is 0.476. The molecule has 2 N–H and O–H groups in total. The predicted octanol–water partition coefficient (Wildman–Crippen LogP) is 0.353. The molecule has 1 aromatic carbocycles. The number of rotatable bonds is 1. The molecule has 2 rings (SSSR count). The first kappa shape index (κ1) is 11.4. The Kier molecular flexibility index (Phi) is 2.99. The van der Waals surface area contributed by atoms with Crippen molar-refractivity contribution in [2.45, 2.75) is 13.0 Å². The number of hydrogen-bond acceptors (Lipinski definition) is 3. The topological polar surface area (TPSA) is 69.6 Å². The van der Waals surface area contributed by atoms with E-state index in [4.69, 9.17) is 5.11 Å². The van der Waals surface area contributed by atoms with E-state index in [2.05, 4.69) is 5.32 Å². The van der Waals surface area contributed by atoms with Gasteiger partial charge in [-0.1, -0.05) is 0 Å². The molecule has 1 aliphatic heterocycles. The summed E-state index contributed by atoms with van der Waals surface area (Å²) >= 11 is 0. The molecule has 0 saturated carbocycles. The summed E-state index contributed by atoms with van der Waals surface area (Å²) in [4.78, 5) is 25.1. The maximum absolute atomic E-state index is 12.1. The first-order valence-electron chi connectivity index (χ1n) is 5.47. The number of nitrogens with one attached hydrogen (secondary N) is 1. The van der Waals surface area contributed by atoms with Gasteiger partial charge in [0.25, 0.3) is 5.91 Å². The summed E-state index contributed by atoms with van der Waals surface area (Å²) < 4.78 is 0. The van der Waals surface area contributed by atoms with Gasteiger partial charge in [0, 0.05) is 18.7 Å². The number of carbonyl (C=O) groups is 2. The number of aromatic hydroxyl groups is 1. The molecule has 1 aliphatic rings. The number of benzene rings is 1. The summed E-state index contributed by atoms with van der Waals surface area (Å²) in [6.07, 6.45) is 0. The highest BCUT2D eigenvalue weighted by molar-refractivity contribution is 5.98. The van der Waals surface area contributed by atoms with E-state index < -0.39 is 6.04 Å². The average molecular weight is 234 g/mol. The van der Waals surface area contributed by atoms with E-state index in [9.17, 15) is 9.59 Å². The highest BCUT2D eigenvalue weighted by Crippen LogP contribution is 2.14. The van der Waals surface area contributed by atoms with Gasteiger partial charge in [0.2, 0.25) is 5.91 Å². The van der Waals surface area contributed by atoms with Crippen LogP contribution in [0.3, 0.4) is 0 Å². The van der Waals surface area contributed by atoms with Crippen LogP contribution in [0.25, 0.3) is 0 Å². The van der Waals surface area contributed by atoms with Crippen molar-refractivity contribution in [2.24, 2.45) is 0 Å². The molecule has 5 nitrogen and oxygen atoms in total. The van der Waals surface area contributed by atoms with Crippen LogP contribution in [0.4, 0.5) is 0 Å². The third kappa shape index (κ3) is 2.22. The highest BCUT2D eigenvalue weighted by Gasteiger charge is 2.29. The molecule has 1 aromatic rings. The van der Waals surface area contributed by atoms with Crippen LogP contribution < -0.4 is 5.32 Å². The standard InChI is InChI=1S/C12H14N2O3/c1-8-11(16)13-6-7-14(8)12(17)9-2-4-10(15)5-3-9/h2-5,8,15H,6-7H2,1H3,(H,13,16). The van der Waals surface area contributed by atoms with Crippen molar-refractivity contribution in [2.75, 3.05) is 13.1 Å². The van der Waals surface area contributed by atoms with Crippen molar-refractivity contribution in [1.29, 1.82) is 0 Å². The van der Waals surface area contributed by atoms with Gasteiger partial charge in [-0.05, 0) is 31.2 Å². The molecule has 1 fully saturated rings. The summed E-state index contributed by atoms with van der Waals surface area (Å²) in [7, 11) is 0. The monoisotopic (exact) mass is 234 g/mol. The minimum Gasteiger partial charge on any atom is -0.508 e. The van der Waals surface area contributed by atoms with Gasteiger partial charge in [0.05, 0.1) is 0 Å². The molecule has 0 bridgehead atoms. The fraction of sp³-hybridized carbons (Fsp3) is 0.333. The molecule has 5 heteroatoms. The maximum Gasteiger partial charge on any atom is 0.254 e. The number of amides is 2. The number of carbonyl (C=O) groups excluding carboxylic acids is 2. The van der Waals surface area contributed by atoms with Crippen LogP contribution in [0.5, 0.6) is 5.75 Å². The molecule has 0 spiro atoms. The zero-order valence-electron chi connectivity index (χ0n) is 9.51. The molecule has 0 radical (unpaired) electrons. The molecule has 1 saturated heterocycles. The molecule has 0 aromatic heterocycles. The molecule has 1 heterocycles. The minimum absolute atomic E-state index is 0.117. The van der Waals surface area contributed by atoms with Crippen LogP contribution in [0, 0.1) is 0 Å². The van der Waals surface area contributed by atoms with Crippen molar-refractivity contribution in [3.8, 4) is 5.75 Å². The van der Waals surface area contributed by atoms with Gasteiger partial charge in [-0.25, -0.2) is 0 Å². The Morgan fingerprint density at radius 3 is 2.71 bits per heavy atom. The van der Waals surface area contributed by atoms with Crippen LogP contribution in [0.15, 0.2) is 24.3 Å². The Morgan fingerprint density at radius 1 is 1.41 bits per heavy atom. The van der Waals surface area contributed by atoms with E-state index in [1.54, 1.807) is 19.1 Å². The van der Waals surface area contributed by atoms with E-state index >= 15 is 0 Å². The second-order valence-electron chi connectivity index (χ2n) is 4.01. The summed E-state index contributed by atoms with van der Waals surface area (Å²) in [6.45, 7) is 2.69. The lowest BCUT2D eigenvalue weighted by atomic mass is 10.1. The van der Waals surface area contributed by atoms with Gasteiger partial charge >= 0.3 is 0 Å². The predicted molar refractivity (Wildman–Crippen MR) is 61.6 cm³/mol. The van der Waals surface area contributed by atoms with Gasteiger partial charge in [-0.15, -0.1) is 0 Å². The number of phenols is 1. The Morgan fingerprint density at radius 2 is 2.06 bits per heavy atom. The molecular weight excluding hydrogens is 220 g/mol. The molecule has 0 aliphatic carbocycles. The zero-order valence-corrected chi connectivity index (χ0v) is 9.51. The Hall–Kier alpha value is -2.04. The van der Waals surface area contributed by atoms with Crippen LogP contribution >= 0.6 is 0 Å². The van der Waals surface area contributed by atoms with Gasteiger partial charge in [0.15, 0.2) is 0 Å². The second-order valence-corrected chi connectivity index (χ2v) is 4.01.